The highest BCUT2D eigenvalue weighted by molar-refractivity contribution is 5.93. The van der Waals surface area contributed by atoms with Gasteiger partial charge in [-0.3, -0.25) is 0 Å². The van der Waals surface area contributed by atoms with E-state index in [0.717, 1.165) is 5.56 Å². The topological polar surface area (TPSA) is 59.3 Å². The van der Waals surface area contributed by atoms with Crippen molar-refractivity contribution in [2.75, 3.05) is 13.7 Å². The smallest absolute Gasteiger partial charge is 0.349 e. The molecule has 0 aliphatic carbocycles. The molecule has 0 unspecified atom stereocenters. The van der Waals surface area contributed by atoms with Crippen LogP contribution < -0.4 is 0 Å². The van der Waals surface area contributed by atoms with Crippen LogP contribution in [0.5, 0.6) is 0 Å². The zero-order valence-corrected chi connectivity index (χ0v) is 11.6. The molecular weight excluding hydrogens is 254 g/mol. The Balaban J connectivity index is 2.66. The average molecular weight is 271 g/mol. The van der Waals surface area contributed by atoms with Gasteiger partial charge >= 0.3 is 5.97 Å². The third-order valence-corrected chi connectivity index (χ3v) is 2.40. The highest BCUT2D eigenvalue weighted by atomic mass is 16.6. The van der Waals surface area contributed by atoms with E-state index in [1.54, 1.807) is 13.0 Å². The molecule has 0 N–H and O–H groups in total. The number of allylic oxidation sites excluding steroid dienone is 2. The Morgan fingerprint density at radius 1 is 1.40 bits per heavy atom. The molecule has 0 amide bonds. The molecule has 0 fully saturated rings. The maximum atomic E-state index is 11.7. The molecule has 0 spiro atoms. The minimum atomic E-state index is -0.644. The van der Waals surface area contributed by atoms with E-state index >= 15 is 0 Å². The molecule has 104 valence electrons. The average Bonchev–Trinajstić information content (AvgIpc) is 2.44. The number of rotatable bonds is 6. The van der Waals surface area contributed by atoms with E-state index in [9.17, 15) is 4.79 Å². The standard InChI is InChI=1S/C16H17NO3/c1-13(12-19-2)20-16(18)15(11-17)10-6-9-14-7-4-3-5-8-14/h3-10,13H,12H2,1-2H3/b9-6+,15-10+/t13-/m0/s1. The van der Waals surface area contributed by atoms with Crippen LogP contribution >= 0.6 is 0 Å². The number of nitrogens with zero attached hydrogens (tertiary/aromatic N) is 1. The molecule has 4 nitrogen and oxygen atoms in total. The summed E-state index contributed by atoms with van der Waals surface area (Å²) in [5.74, 6) is -0.644. The molecule has 0 heterocycles. The summed E-state index contributed by atoms with van der Waals surface area (Å²) in [6.45, 7) is 2.00. The molecule has 0 radical (unpaired) electrons. The highest BCUT2D eigenvalue weighted by Crippen LogP contribution is 2.04. The Labute approximate surface area is 118 Å². The molecule has 1 aromatic rings. The monoisotopic (exact) mass is 271 g/mol. The number of esters is 1. The summed E-state index contributed by atoms with van der Waals surface area (Å²) >= 11 is 0. The van der Waals surface area contributed by atoms with Gasteiger partial charge in [0.05, 0.1) is 6.61 Å². The molecule has 1 rings (SSSR count). The summed E-state index contributed by atoms with van der Waals surface area (Å²) in [6.07, 6.45) is 4.51. The minimum absolute atomic E-state index is 0.0415. The van der Waals surface area contributed by atoms with Gasteiger partial charge in [0.15, 0.2) is 0 Å². The Bertz CT molecular complexity index is 526. The molecular formula is C16H17NO3. The van der Waals surface area contributed by atoms with Crippen LogP contribution in [0.4, 0.5) is 0 Å². The molecule has 0 aromatic heterocycles. The first-order chi connectivity index (χ1) is 9.67. The number of benzene rings is 1. The van der Waals surface area contributed by atoms with E-state index in [1.807, 2.05) is 42.5 Å². The summed E-state index contributed by atoms with van der Waals surface area (Å²) in [7, 11) is 1.52. The number of ether oxygens (including phenoxy) is 2. The van der Waals surface area contributed by atoms with Crippen molar-refractivity contribution in [3.8, 4) is 6.07 Å². The SMILES string of the molecule is COC[C@H](C)OC(=O)/C(C#N)=C/C=C/c1ccccc1. The van der Waals surface area contributed by atoms with Gasteiger partial charge in [0.1, 0.15) is 17.7 Å². The second-order valence-electron chi connectivity index (χ2n) is 4.13. The third kappa shape index (κ3) is 5.51. The molecule has 20 heavy (non-hydrogen) atoms. The summed E-state index contributed by atoms with van der Waals surface area (Å²) in [5.41, 5.74) is 0.947. The maximum Gasteiger partial charge on any atom is 0.349 e. The van der Waals surface area contributed by atoms with E-state index in [-0.39, 0.29) is 11.7 Å². The fourth-order valence-electron chi connectivity index (χ4n) is 1.49. The van der Waals surface area contributed by atoms with Gasteiger partial charge in [0, 0.05) is 7.11 Å². The molecule has 4 heteroatoms. The number of carbonyl (C=O) groups excluding carboxylic acids is 1. The van der Waals surface area contributed by atoms with E-state index in [4.69, 9.17) is 14.7 Å². The molecule has 1 aromatic carbocycles. The first kappa shape index (κ1) is 15.7. The van der Waals surface area contributed by atoms with E-state index in [1.165, 1.54) is 13.2 Å². The van der Waals surface area contributed by atoms with E-state index in [2.05, 4.69) is 0 Å². The van der Waals surface area contributed by atoms with Crippen molar-refractivity contribution in [1.29, 1.82) is 5.26 Å². The second kappa shape index (κ2) is 8.68. The first-order valence-electron chi connectivity index (χ1n) is 6.20. The van der Waals surface area contributed by atoms with Crippen molar-refractivity contribution in [2.45, 2.75) is 13.0 Å². The normalized spacial score (nSPS) is 12.9. The van der Waals surface area contributed by atoms with Crippen molar-refractivity contribution in [2.24, 2.45) is 0 Å². The summed E-state index contributed by atoms with van der Waals surface area (Å²) in [5, 5.41) is 8.95. The zero-order chi connectivity index (χ0) is 14.8. The minimum Gasteiger partial charge on any atom is -0.456 e. The number of carbonyl (C=O) groups is 1. The Kier molecular flexibility index (Phi) is 6.80. The fraction of sp³-hybridized carbons (Fsp3) is 0.250. The lowest BCUT2D eigenvalue weighted by Gasteiger charge is -2.10. The predicted octanol–water partition coefficient (Wildman–Crippen LogP) is 2.73. The lowest BCUT2D eigenvalue weighted by Crippen LogP contribution is -2.20. The molecule has 0 saturated heterocycles. The van der Waals surface area contributed by atoms with Crippen LogP contribution in [0.15, 0.2) is 48.1 Å². The molecule has 0 saturated carbocycles. The van der Waals surface area contributed by atoms with Gasteiger partial charge < -0.3 is 9.47 Å². The van der Waals surface area contributed by atoms with Gasteiger partial charge in [-0.2, -0.15) is 5.26 Å². The zero-order valence-electron chi connectivity index (χ0n) is 11.6. The van der Waals surface area contributed by atoms with Crippen molar-refractivity contribution < 1.29 is 14.3 Å². The number of methoxy groups -OCH3 is 1. The van der Waals surface area contributed by atoms with Gasteiger partial charge in [-0.25, -0.2) is 4.79 Å². The first-order valence-corrected chi connectivity index (χ1v) is 6.20. The Hall–Kier alpha value is -2.38. The van der Waals surface area contributed by atoms with Gasteiger partial charge in [0.25, 0.3) is 0 Å². The van der Waals surface area contributed by atoms with Gasteiger partial charge in [-0.1, -0.05) is 42.5 Å². The third-order valence-electron chi connectivity index (χ3n) is 2.40. The molecule has 0 aliphatic rings. The van der Waals surface area contributed by atoms with Crippen molar-refractivity contribution >= 4 is 12.0 Å². The second-order valence-corrected chi connectivity index (χ2v) is 4.13. The molecule has 0 aliphatic heterocycles. The number of hydrogen-bond acceptors (Lipinski definition) is 4. The fourth-order valence-corrected chi connectivity index (χ4v) is 1.49. The largest absolute Gasteiger partial charge is 0.456 e. The molecule has 0 bridgehead atoms. The number of nitriles is 1. The van der Waals surface area contributed by atoms with Crippen LogP contribution in [-0.2, 0) is 14.3 Å². The summed E-state index contributed by atoms with van der Waals surface area (Å²) < 4.78 is 9.92. The Morgan fingerprint density at radius 2 is 2.10 bits per heavy atom. The van der Waals surface area contributed by atoms with Crippen LogP contribution in [0.2, 0.25) is 0 Å². The van der Waals surface area contributed by atoms with Gasteiger partial charge in [-0.05, 0) is 18.6 Å². The van der Waals surface area contributed by atoms with Crippen molar-refractivity contribution in [3.05, 3.63) is 53.6 Å². The van der Waals surface area contributed by atoms with E-state index in [0.29, 0.717) is 6.61 Å². The van der Waals surface area contributed by atoms with Crippen LogP contribution in [-0.4, -0.2) is 25.8 Å². The van der Waals surface area contributed by atoms with Crippen LogP contribution in [0, 0.1) is 11.3 Å². The Morgan fingerprint density at radius 3 is 2.70 bits per heavy atom. The maximum absolute atomic E-state index is 11.7. The van der Waals surface area contributed by atoms with Crippen LogP contribution in [0.3, 0.4) is 0 Å². The predicted molar refractivity (Wildman–Crippen MR) is 76.6 cm³/mol. The van der Waals surface area contributed by atoms with E-state index < -0.39 is 5.97 Å². The lowest BCUT2D eigenvalue weighted by molar-refractivity contribution is -0.145. The molecule has 1 atom stereocenters. The summed E-state index contributed by atoms with van der Waals surface area (Å²) in [4.78, 5) is 11.7. The van der Waals surface area contributed by atoms with Crippen molar-refractivity contribution in [3.63, 3.8) is 0 Å². The van der Waals surface area contributed by atoms with Gasteiger partial charge in [0.2, 0.25) is 0 Å². The van der Waals surface area contributed by atoms with Gasteiger partial charge in [-0.15, -0.1) is 0 Å². The number of hydrogen-bond donors (Lipinski definition) is 0. The highest BCUT2D eigenvalue weighted by Gasteiger charge is 2.13. The summed E-state index contributed by atoms with van der Waals surface area (Å²) in [6, 6.07) is 11.4. The van der Waals surface area contributed by atoms with Crippen LogP contribution in [0.1, 0.15) is 12.5 Å². The van der Waals surface area contributed by atoms with Crippen molar-refractivity contribution in [1.82, 2.24) is 0 Å². The van der Waals surface area contributed by atoms with Crippen LogP contribution in [0.25, 0.3) is 6.08 Å². The lowest BCUT2D eigenvalue weighted by atomic mass is 10.2. The quantitative estimate of drug-likeness (QED) is 0.345.